The second kappa shape index (κ2) is 4.92. The average Bonchev–Trinajstić information content (AvgIpc) is 2.18. The number of hydrogen-bond donors (Lipinski definition) is 0. The standard InChI is InChI=1S/C14H18O/c1-14(2,3)13(15)11-7-10-12-8-5-4-6-9-12/h4-10H,11H2,1-3H3/b10-7+. The monoisotopic (exact) mass is 202 g/mol. The van der Waals surface area contributed by atoms with Gasteiger partial charge >= 0.3 is 0 Å². The Morgan fingerprint density at radius 2 is 1.80 bits per heavy atom. The van der Waals surface area contributed by atoms with Crippen molar-refractivity contribution in [2.45, 2.75) is 27.2 Å². The Balaban J connectivity index is 2.51. The molecular weight excluding hydrogens is 184 g/mol. The first-order valence-corrected chi connectivity index (χ1v) is 5.25. The molecule has 15 heavy (non-hydrogen) atoms. The zero-order chi connectivity index (χ0) is 11.3. The van der Waals surface area contributed by atoms with Crippen LogP contribution in [0.5, 0.6) is 0 Å². The average molecular weight is 202 g/mol. The van der Waals surface area contributed by atoms with Crippen LogP contribution >= 0.6 is 0 Å². The number of carbonyl (C=O) groups excluding carboxylic acids is 1. The van der Waals surface area contributed by atoms with Gasteiger partial charge in [0.2, 0.25) is 0 Å². The Hall–Kier alpha value is -1.37. The van der Waals surface area contributed by atoms with Gasteiger partial charge in [-0.25, -0.2) is 0 Å². The first-order chi connectivity index (χ1) is 7.00. The third-order valence-corrected chi connectivity index (χ3v) is 2.25. The van der Waals surface area contributed by atoms with Crippen molar-refractivity contribution < 1.29 is 4.79 Å². The van der Waals surface area contributed by atoms with Gasteiger partial charge in [0.15, 0.2) is 0 Å². The lowest BCUT2D eigenvalue weighted by molar-refractivity contribution is -0.125. The molecule has 1 aromatic carbocycles. The summed E-state index contributed by atoms with van der Waals surface area (Å²) in [5, 5.41) is 0. The van der Waals surface area contributed by atoms with Crippen molar-refractivity contribution in [1.29, 1.82) is 0 Å². The second-order valence-electron chi connectivity index (χ2n) is 4.69. The molecule has 0 N–H and O–H groups in total. The summed E-state index contributed by atoms with van der Waals surface area (Å²) in [5.74, 6) is 0.273. The van der Waals surface area contributed by atoms with Crippen molar-refractivity contribution in [2.75, 3.05) is 0 Å². The number of carbonyl (C=O) groups is 1. The molecule has 0 saturated carbocycles. The summed E-state index contributed by atoms with van der Waals surface area (Å²) in [6.45, 7) is 5.85. The summed E-state index contributed by atoms with van der Waals surface area (Å²) < 4.78 is 0. The SMILES string of the molecule is CC(C)(C)C(=O)C/C=C/c1ccccc1. The van der Waals surface area contributed by atoms with Crippen LogP contribution < -0.4 is 0 Å². The van der Waals surface area contributed by atoms with Gasteiger partial charge in [0.25, 0.3) is 0 Å². The predicted molar refractivity (Wildman–Crippen MR) is 64.6 cm³/mol. The number of ketones is 1. The summed E-state index contributed by atoms with van der Waals surface area (Å²) in [6.07, 6.45) is 4.44. The summed E-state index contributed by atoms with van der Waals surface area (Å²) in [6, 6.07) is 10.0. The van der Waals surface area contributed by atoms with Gasteiger partial charge in [0, 0.05) is 11.8 Å². The van der Waals surface area contributed by atoms with E-state index in [1.54, 1.807) is 0 Å². The quantitative estimate of drug-likeness (QED) is 0.730. The molecule has 0 fully saturated rings. The van der Waals surface area contributed by atoms with Crippen LogP contribution in [0.1, 0.15) is 32.8 Å². The molecule has 1 rings (SSSR count). The third kappa shape index (κ3) is 4.11. The van der Waals surface area contributed by atoms with Crippen LogP contribution in [0.4, 0.5) is 0 Å². The van der Waals surface area contributed by atoms with Crippen molar-refractivity contribution in [2.24, 2.45) is 5.41 Å². The lowest BCUT2D eigenvalue weighted by Crippen LogP contribution is -2.18. The molecule has 0 aliphatic carbocycles. The molecule has 0 atom stereocenters. The van der Waals surface area contributed by atoms with Crippen molar-refractivity contribution in [3.63, 3.8) is 0 Å². The Kier molecular flexibility index (Phi) is 3.84. The van der Waals surface area contributed by atoms with E-state index in [9.17, 15) is 4.79 Å². The van der Waals surface area contributed by atoms with Crippen LogP contribution in [-0.4, -0.2) is 5.78 Å². The fourth-order valence-corrected chi connectivity index (χ4v) is 1.17. The van der Waals surface area contributed by atoms with E-state index < -0.39 is 0 Å². The topological polar surface area (TPSA) is 17.1 Å². The fraction of sp³-hybridized carbons (Fsp3) is 0.357. The zero-order valence-corrected chi connectivity index (χ0v) is 9.66. The van der Waals surface area contributed by atoms with Crippen LogP contribution in [0, 0.1) is 5.41 Å². The van der Waals surface area contributed by atoms with E-state index in [2.05, 4.69) is 0 Å². The van der Waals surface area contributed by atoms with Crippen LogP contribution in [-0.2, 0) is 4.79 Å². The Labute approximate surface area is 91.8 Å². The number of Topliss-reactive ketones (excluding diaryl/α,β-unsaturated/α-hetero) is 1. The van der Waals surface area contributed by atoms with Gasteiger partial charge in [-0.15, -0.1) is 0 Å². The molecule has 0 amide bonds. The van der Waals surface area contributed by atoms with Crippen molar-refractivity contribution >= 4 is 11.9 Å². The summed E-state index contributed by atoms with van der Waals surface area (Å²) >= 11 is 0. The molecule has 1 aromatic rings. The van der Waals surface area contributed by atoms with Gasteiger partial charge in [-0.3, -0.25) is 4.79 Å². The van der Waals surface area contributed by atoms with Gasteiger partial charge in [-0.2, -0.15) is 0 Å². The lowest BCUT2D eigenvalue weighted by atomic mass is 9.89. The molecular formula is C14H18O. The van der Waals surface area contributed by atoms with Gasteiger partial charge in [0.05, 0.1) is 0 Å². The highest BCUT2D eigenvalue weighted by molar-refractivity contribution is 5.85. The Morgan fingerprint density at radius 1 is 1.20 bits per heavy atom. The minimum Gasteiger partial charge on any atom is -0.299 e. The van der Waals surface area contributed by atoms with Gasteiger partial charge < -0.3 is 0 Å². The summed E-state index contributed by atoms with van der Waals surface area (Å²) in [7, 11) is 0. The molecule has 0 heterocycles. The maximum atomic E-state index is 11.6. The van der Waals surface area contributed by atoms with Crippen LogP contribution in [0.2, 0.25) is 0 Å². The molecule has 0 unspecified atom stereocenters. The van der Waals surface area contributed by atoms with Crippen LogP contribution in [0.3, 0.4) is 0 Å². The first-order valence-electron chi connectivity index (χ1n) is 5.25. The fourth-order valence-electron chi connectivity index (χ4n) is 1.17. The molecule has 0 aliphatic heterocycles. The third-order valence-electron chi connectivity index (χ3n) is 2.25. The van der Waals surface area contributed by atoms with Crippen molar-refractivity contribution in [1.82, 2.24) is 0 Å². The van der Waals surface area contributed by atoms with Crippen molar-refractivity contribution in [3.05, 3.63) is 42.0 Å². The molecule has 80 valence electrons. The molecule has 1 nitrogen and oxygen atoms in total. The predicted octanol–water partition coefficient (Wildman–Crippen LogP) is 3.71. The highest BCUT2D eigenvalue weighted by atomic mass is 16.1. The minimum absolute atomic E-state index is 0.235. The highest BCUT2D eigenvalue weighted by Crippen LogP contribution is 2.17. The van der Waals surface area contributed by atoms with E-state index in [-0.39, 0.29) is 11.2 Å². The molecule has 0 bridgehead atoms. The van der Waals surface area contributed by atoms with E-state index in [1.807, 2.05) is 63.3 Å². The Bertz CT molecular complexity index is 341. The van der Waals surface area contributed by atoms with Gasteiger partial charge in [-0.05, 0) is 5.56 Å². The highest BCUT2D eigenvalue weighted by Gasteiger charge is 2.18. The number of benzene rings is 1. The largest absolute Gasteiger partial charge is 0.299 e. The van der Waals surface area contributed by atoms with E-state index in [0.29, 0.717) is 6.42 Å². The first kappa shape index (κ1) is 11.7. The number of allylic oxidation sites excluding steroid dienone is 1. The van der Waals surface area contributed by atoms with E-state index in [4.69, 9.17) is 0 Å². The van der Waals surface area contributed by atoms with E-state index in [0.717, 1.165) is 5.56 Å². The smallest absolute Gasteiger partial charge is 0.141 e. The van der Waals surface area contributed by atoms with Crippen LogP contribution in [0.25, 0.3) is 6.08 Å². The minimum atomic E-state index is -0.235. The number of hydrogen-bond acceptors (Lipinski definition) is 1. The van der Waals surface area contributed by atoms with Gasteiger partial charge in [-0.1, -0.05) is 63.3 Å². The zero-order valence-electron chi connectivity index (χ0n) is 9.66. The maximum Gasteiger partial charge on any atom is 0.141 e. The molecule has 0 saturated heterocycles. The molecule has 1 heteroatoms. The second-order valence-corrected chi connectivity index (χ2v) is 4.69. The molecule has 0 radical (unpaired) electrons. The van der Waals surface area contributed by atoms with E-state index >= 15 is 0 Å². The summed E-state index contributed by atoms with van der Waals surface area (Å²) in [4.78, 5) is 11.6. The molecule has 0 spiro atoms. The normalized spacial score (nSPS) is 11.9. The Morgan fingerprint density at radius 3 is 2.33 bits per heavy atom. The number of rotatable bonds is 3. The van der Waals surface area contributed by atoms with Crippen molar-refractivity contribution in [3.8, 4) is 0 Å². The molecule has 0 aliphatic rings. The van der Waals surface area contributed by atoms with E-state index in [1.165, 1.54) is 0 Å². The lowest BCUT2D eigenvalue weighted by Gasteiger charge is -2.14. The van der Waals surface area contributed by atoms with Crippen LogP contribution in [0.15, 0.2) is 36.4 Å². The maximum absolute atomic E-state index is 11.6. The summed E-state index contributed by atoms with van der Waals surface area (Å²) in [5.41, 5.74) is 0.903. The van der Waals surface area contributed by atoms with Gasteiger partial charge in [0.1, 0.15) is 5.78 Å². The molecule has 0 aromatic heterocycles.